The summed E-state index contributed by atoms with van der Waals surface area (Å²) in [5.74, 6) is 0.781. The van der Waals surface area contributed by atoms with Crippen molar-refractivity contribution in [2.24, 2.45) is 4.99 Å². The second-order valence-electron chi connectivity index (χ2n) is 4.97. The third-order valence-electron chi connectivity index (χ3n) is 3.47. The molecule has 1 aromatic carbocycles. The van der Waals surface area contributed by atoms with Crippen molar-refractivity contribution < 1.29 is 0 Å². The molecule has 0 bridgehead atoms. The van der Waals surface area contributed by atoms with Gasteiger partial charge in [-0.15, -0.1) is 24.0 Å². The quantitative estimate of drug-likeness (QED) is 0.463. The largest absolute Gasteiger partial charge is 0.352 e. The number of hydrogen-bond donors (Lipinski definition) is 2. The molecular formula is C17H23IN4. The Labute approximate surface area is 149 Å². The fraction of sp³-hybridized carbons (Fsp3) is 0.294. The summed E-state index contributed by atoms with van der Waals surface area (Å²) in [5, 5.41) is 6.62. The predicted octanol–water partition coefficient (Wildman–Crippen LogP) is 3.18. The molecule has 0 aliphatic carbocycles. The Morgan fingerprint density at radius 1 is 1.00 bits per heavy atom. The van der Waals surface area contributed by atoms with Gasteiger partial charge in [-0.1, -0.05) is 30.3 Å². The number of aliphatic imine (C=N–C) groups is 1. The van der Waals surface area contributed by atoms with Crippen LogP contribution in [0.2, 0.25) is 0 Å². The second kappa shape index (κ2) is 9.40. The number of aryl methyl sites for hydroxylation is 2. The van der Waals surface area contributed by atoms with E-state index in [1.807, 2.05) is 12.3 Å². The van der Waals surface area contributed by atoms with Crippen molar-refractivity contribution in [3.05, 3.63) is 65.0 Å². The van der Waals surface area contributed by atoms with Crippen LogP contribution < -0.4 is 10.6 Å². The number of hydrogen-bond acceptors (Lipinski definition) is 2. The lowest BCUT2D eigenvalue weighted by Gasteiger charge is -2.13. The van der Waals surface area contributed by atoms with Crippen LogP contribution in [0.1, 0.15) is 22.4 Å². The van der Waals surface area contributed by atoms with E-state index in [2.05, 4.69) is 64.8 Å². The fourth-order valence-electron chi connectivity index (χ4n) is 2.08. The maximum atomic E-state index is 4.37. The van der Waals surface area contributed by atoms with E-state index in [0.29, 0.717) is 6.54 Å². The first-order valence-corrected chi connectivity index (χ1v) is 7.10. The molecule has 0 fully saturated rings. The number of rotatable bonds is 4. The van der Waals surface area contributed by atoms with Crippen LogP contribution in [0.15, 0.2) is 47.6 Å². The minimum atomic E-state index is 0. The van der Waals surface area contributed by atoms with Gasteiger partial charge < -0.3 is 10.6 Å². The van der Waals surface area contributed by atoms with Gasteiger partial charge in [0.1, 0.15) is 0 Å². The molecule has 22 heavy (non-hydrogen) atoms. The average Bonchev–Trinajstić information content (AvgIpc) is 2.50. The molecule has 1 heterocycles. The zero-order valence-corrected chi connectivity index (χ0v) is 15.6. The van der Waals surface area contributed by atoms with E-state index in [4.69, 9.17) is 0 Å². The Bertz CT molecular complexity index is 574. The minimum absolute atomic E-state index is 0. The summed E-state index contributed by atoms with van der Waals surface area (Å²) in [4.78, 5) is 8.62. The maximum absolute atomic E-state index is 4.37. The number of pyridine rings is 1. The van der Waals surface area contributed by atoms with Crippen molar-refractivity contribution in [1.29, 1.82) is 0 Å². The standard InChI is InChI=1S/C17H22N4.HI/c1-13-7-4-5-9-15(13)11-20-17(18-3)21-12-16-14(2)8-6-10-19-16;/h4-10H,11-12H2,1-3H3,(H2,18,20,21);1H. The highest BCUT2D eigenvalue weighted by atomic mass is 127. The fourth-order valence-corrected chi connectivity index (χ4v) is 2.08. The van der Waals surface area contributed by atoms with Crippen molar-refractivity contribution in [2.75, 3.05) is 7.05 Å². The number of guanidine groups is 1. The molecule has 0 atom stereocenters. The first-order valence-electron chi connectivity index (χ1n) is 7.10. The minimum Gasteiger partial charge on any atom is -0.352 e. The van der Waals surface area contributed by atoms with Crippen molar-refractivity contribution in [3.8, 4) is 0 Å². The SMILES string of the molecule is CN=C(NCc1ccccc1C)NCc1ncccc1C.I. The Morgan fingerprint density at radius 2 is 1.68 bits per heavy atom. The number of nitrogens with one attached hydrogen (secondary N) is 2. The van der Waals surface area contributed by atoms with Crippen LogP contribution in [0.3, 0.4) is 0 Å². The molecule has 0 aliphatic rings. The molecule has 2 rings (SSSR count). The lowest BCUT2D eigenvalue weighted by Crippen LogP contribution is -2.36. The highest BCUT2D eigenvalue weighted by Crippen LogP contribution is 2.06. The van der Waals surface area contributed by atoms with E-state index >= 15 is 0 Å². The molecule has 118 valence electrons. The van der Waals surface area contributed by atoms with Crippen LogP contribution in [0.4, 0.5) is 0 Å². The van der Waals surface area contributed by atoms with Gasteiger partial charge in [-0.25, -0.2) is 0 Å². The van der Waals surface area contributed by atoms with Gasteiger partial charge in [0.2, 0.25) is 0 Å². The monoisotopic (exact) mass is 410 g/mol. The summed E-state index contributed by atoms with van der Waals surface area (Å²) in [7, 11) is 1.78. The van der Waals surface area contributed by atoms with Gasteiger partial charge in [0.25, 0.3) is 0 Å². The van der Waals surface area contributed by atoms with E-state index in [1.165, 1.54) is 16.7 Å². The lowest BCUT2D eigenvalue weighted by molar-refractivity contribution is 0.788. The lowest BCUT2D eigenvalue weighted by atomic mass is 10.1. The molecule has 1 aromatic heterocycles. The van der Waals surface area contributed by atoms with E-state index in [-0.39, 0.29) is 24.0 Å². The number of aromatic nitrogens is 1. The molecule has 4 nitrogen and oxygen atoms in total. The molecule has 0 amide bonds. The summed E-state index contributed by atoms with van der Waals surface area (Å²) < 4.78 is 0. The molecular weight excluding hydrogens is 387 g/mol. The zero-order chi connectivity index (χ0) is 15.1. The summed E-state index contributed by atoms with van der Waals surface area (Å²) in [6.07, 6.45) is 1.81. The van der Waals surface area contributed by atoms with Gasteiger partial charge in [-0.3, -0.25) is 9.98 Å². The first-order chi connectivity index (χ1) is 10.2. The predicted molar refractivity (Wildman–Crippen MR) is 103 cm³/mol. The third-order valence-corrected chi connectivity index (χ3v) is 3.47. The van der Waals surface area contributed by atoms with E-state index < -0.39 is 0 Å². The molecule has 0 spiro atoms. The topological polar surface area (TPSA) is 49.3 Å². The molecule has 0 saturated carbocycles. The zero-order valence-electron chi connectivity index (χ0n) is 13.3. The summed E-state index contributed by atoms with van der Waals surface area (Å²) in [5.41, 5.74) is 4.77. The first kappa shape index (κ1) is 18.4. The van der Waals surface area contributed by atoms with E-state index in [1.54, 1.807) is 7.05 Å². The number of halogens is 1. The smallest absolute Gasteiger partial charge is 0.191 e. The second-order valence-corrected chi connectivity index (χ2v) is 4.97. The van der Waals surface area contributed by atoms with Crippen molar-refractivity contribution >= 4 is 29.9 Å². The Kier molecular flexibility index (Phi) is 7.87. The number of nitrogens with zero attached hydrogens (tertiary/aromatic N) is 2. The average molecular weight is 410 g/mol. The molecule has 0 radical (unpaired) electrons. The highest BCUT2D eigenvalue weighted by molar-refractivity contribution is 14.0. The molecule has 2 N–H and O–H groups in total. The van der Waals surface area contributed by atoms with Crippen molar-refractivity contribution in [3.63, 3.8) is 0 Å². The summed E-state index contributed by atoms with van der Waals surface area (Å²) in [6.45, 7) is 5.60. The summed E-state index contributed by atoms with van der Waals surface area (Å²) >= 11 is 0. The van der Waals surface area contributed by atoms with Crippen LogP contribution in [0, 0.1) is 13.8 Å². The molecule has 5 heteroatoms. The normalized spacial score (nSPS) is 10.8. The summed E-state index contributed by atoms with van der Waals surface area (Å²) in [6, 6.07) is 12.4. The Hall–Kier alpha value is -1.63. The van der Waals surface area contributed by atoms with Crippen LogP contribution >= 0.6 is 24.0 Å². The van der Waals surface area contributed by atoms with Crippen molar-refractivity contribution in [1.82, 2.24) is 15.6 Å². The Balaban J connectivity index is 0.00000242. The Morgan fingerprint density at radius 3 is 2.36 bits per heavy atom. The molecule has 0 saturated heterocycles. The van der Waals surface area contributed by atoms with Crippen LogP contribution in [0.25, 0.3) is 0 Å². The van der Waals surface area contributed by atoms with Gasteiger partial charge in [-0.2, -0.15) is 0 Å². The van der Waals surface area contributed by atoms with E-state index in [9.17, 15) is 0 Å². The van der Waals surface area contributed by atoms with Gasteiger partial charge in [0, 0.05) is 19.8 Å². The maximum Gasteiger partial charge on any atom is 0.191 e. The van der Waals surface area contributed by atoms with Crippen molar-refractivity contribution in [2.45, 2.75) is 26.9 Å². The van der Waals surface area contributed by atoms with E-state index in [0.717, 1.165) is 18.2 Å². The van der Waals surface area contributed by atoms with Gasteiger partial charge >= 0.3 is 0 Å². The third kappa shape index (κ3) is 5.29. The van der Waals surface area contributed by atoms with Crippen LogP contribution in [-0.4, -0.2) is 18.0 Å². The van der Waals surface area contributed by atoms with Gasteiger partial charge in [0.15, 0.2) is 5.96 Å². The molecule has 0 aliphatic heterocycles. The molecule has 2 aromatic rings. The van der Waals surface area contributed by atoms with Crippen LogP contribution in [-0.2, 0) is 13.1 Å². The molecule has 0 unspecified atom stereocenters. The van der Waals surface area contributed by atoms with Crippen LogP contribution in [0.5, 0.6) is 0 Å². The van der Waals surface area contributed by atoms with Gasteiger partial charge in [0.05, 0.1) is 12.2 Å². The van der Waals surface area contributed by atoms with Gasteiger partial charge in [-0.05, 0) is 36.6 Å². The number of benzene rings is 1. The highest BCUT2D eigenvalue weighted by Gasteiger charge is 2.02.